The second kappa shape index (κ2) is 7.04. The van der Waals surface area contributed by atoms with Crippen LogP contribution in [0.15, 0.2) is 30.3 Å². The van der Waals surface area contributed by atoms with Crippen molar-refractivity contribution in [3.63, 3.8) is 0 Å². The fourth-order valence-corrected chi connectivity index (χ4v) is 4.16. The molecule has 25 heavy (non-hydrogen) atoms. The van der Waals surface area contributed by atoms with E-state index in [0.29, 0.717) is 26.1 Å². The van der Waals surface area contributed by atoms with Crippen LogP contribution in [0.2, 0.25) is 0 Å². The van der Waals surface area contributed by atoms with Crippen molar-refractivity contribution in [3.05, 3.63) is 35.9 Å². The summed E-state index contributed by atoms with van der Waals surface area (Å²) in [6.07, 6.45) is 2.33. The fraction of sp³-hybridized carbons (Fsp3) is 0.579. The number of carboxylic acids is 1. The van der Waals surface area contributed by atoms with Crippen molar-refractivity contribution in [3.8, 4) is 0 Å². The van der Waals surface area contributed by atoms with Gasteiger partial charge < -0.3 is 19.9 Å². The number of carbonyl (C=O) groups excluding carboxylic acids is 1. The lowest BCUT2D eigenvalue weighted by atomic mass is 9.75. The Morgan fingerprint density at radius 3 is 2.60 bits per heavy atom. The van der Waals surface area contributed by atoms with Gasteiger partial charge in [-0.25, -0.2) is 4.79 Å². The van der Waals surface area contributed by atoms with Crippen molar-refractivity contribution < 1.29 is 24.2 Å². The van der Waals surface area contributed by atoms with Gasteiger partial charge in [0.25, 0.3) is 0 Å². The number of hydrogen-bond donors (Lipinski definition) is 2. The fourth-order valence-electron chi connectivity index (χ4n) is 4.16. The summed E-state index contributed by atoms with van der Waals surface area (Å²) in [4.78, 5) is 24.1. The average Bonchev–Trinajstić information content (AvgIpc) is 2.87. The number of carbonyl (C=O) groups is 2. The second-order valence-electron chi connectivity index (χ2n) is 7.47. The summed E-state index contributed by atoms with van der Waals surface area (Å²) >= 11 is 0. The van der Waals surface area contributed by atoms with Crippen LogP contribution in [0.3, 0.4) is 0 Å². The van der Waals surface area contributed by atoms with E-state index in [1.165, 1.54) is 0 Å². The standard InChI is InChI=1S/C19H25NO5/c1-18(16(21)22)13-19(7-9-24-10-8-19)11-15(18)20-17(23)25-12-14-5-3-2-4-6-14/h2-6,15H,7-13H2,1H3,(H,20,23)(H,21,22). The molecule has 1 saturated carbocycles. The van der Waals surface area contributed by atoms with Gasteiger partial charge in [0, 0.05) is 19.3 Å². The summed E-state index contributed by atoms with van der Waals surface area (Å²) in [5.74, 6) is -0.871. The van der Waals surface area contributed by atoms with Gasteiger partial charge in [0.15, 0.2) is 0 Å². The second-order valence-corrected chi connectivity index (χ2v) is 7.47. The topological polar surface area (TPSA) is 84.9 Å². The zero-order valence-electron chi connectivity index (χ0n) is 14.5. The summed E-state index contributed by atoms with van der Waals surface area (Å²) in [6.45, 7) is 3.20. The van der Waals surface area contributed by atoms with Gasteiger partial charge in [-0.2, -0.15) is 0 Å². The lowest BCUT2D eigenvalue weighted by Crippen LogP contribution is -2.47. The SMILES string of the molecule is CC1(C(=O)O)CC2(CCOCC2)CC1NC(=O)OCc1ccccc1. The molecule has 1 heterocycles. The molecule has 1 aliphatic heterocycles. The molecule has 2 aliphatic rings. The molecule has 0 aromatic heterocycles. The van der Waals surface area contributed by atoms with E-state index in [0.717, 1.165) is 18.4 Å². The van der Waals surface area contributed by atoms with Crippen LogP contribution in [0.25, 0.3) is 0 Å². The van der Waals surface area contributed by atoms with Crippen LogP contribution in [0.4, 0.5) is 4.79 Å². The Bertz CT molecular complexity index is 626. The Balaban J connectivity index is 1.64. The van der Waals surface area contributed by atoms with Gasteiger partial charge in [0.05, 0.1) is 5.41 Å². The van der Waals surface area contributed by atoms with Crippen LogP contribution >= 0.6 is 0 Å². The number of carboxylic acid groups (broad SMARTS) is 1. The van der Waals surface area contributed by atoms with E-state index in [1.807, 2.05) is 30.3 Å². The van der Waals surface area contributed by atoms with Gasteiger partial charge in [-0.05, 0) is 43.6 Å². The van der Waals surface area contributed by atoms with Crippen LogP contribution in [0.5, 0.6) is 0 Å². The van der Waals surface area contributed by atoms with E-state index < -0.39 is 23.5 Å². The number of hydrogen-bond acceptors (Lipinski definition) is 4. The Morgan fingerprint density at radius 2 is 1.96 bits per heavy atom. The van der Waals surface area contributed by atoms with Crippen LogP contribution in [0, 0.1) is 10.8 Å². The summed E-state index contributed by atoms with van der Waals surface area (Å²) in [5.41, 5.74) is -0.155. The van der Waals surface area contributed by atoms with Gasteiger partial charge in [-0.1, -0.05) is 30.3 Å². The summed E-state index contributed by atoms with van der Waals surface area (Å²) in [7, 11) is 0. The van der Waals surface area contributed by atoms with Gasteiger partial charge >= 0.3 is 12.1 Å². The number of aliphatic carboxylic acids is 1. The van der Waals surface area contributed by atoms with E-state index in [-0.39, 0.29) is 12.0 Å². The minimum Gasteiger partial charge on any atom is -0.481 e. The predicted octanol–water partition coefficient (Wildman–Crippen LogP) is 2.96. The molecule has 6 nitrogen and oxygen atoms in total. The first-order valence-electron chi connectivity index (χ1n) is 8.72. The average molecular weight is 347 g/mol. The maximum atomic E-state index is 12.2. The molecular weight excluding hydrogens is 322 g/mol. The molecule has 2 atom stereocenters. The van der Waals surface area contributed by atoms with E-state index in [1.54, 1.807) is 6.92 Å². The third kappa shape index (κ3) is 3.79. The maximum absolute atomic E-state index is 12.2. The lowest BCUT2D eigenvalue weighted by Gasteiger charge is -2.34. The third-order valence-electron chi connectivity index (χ3n) is 5.70. The molecule has 0 radical (unpaired) electrons. The summed E-state index contributed by atoms with van der Waals surface area (Å²) in [6, 6.07) is 8.97. The largest absolute Gasteiger partial charge is 0.481 e. The van der Waals surface area contributed by atoms with E-state index in [9.17, 15) is 14.7 Å². The summed E-state index contributed by atoms with van der Waals surface area (Å²) < 4.78 is 10.7. The molecule has 1 aliphatic carbocycles. The van der Waals surface area contributed by atoms with Crippen LogP contribution in [-0.4, -0.2) is 36.4 Å². The Kier molecular flexibility index (Phi) is 4.99. The van der Waals surface area contributed by atoms with Crippen LogP contribution in [-0.2, 0) is 20.9 Å². The Morgan fingerprint density at radius 1 is 1.28 bits per heavy atom. The van der Waals surface area contributed by atoms with Crippen molar-refractivity contribution in [2.24, 2.45) is 10.8 Å². The molecule has 136 valence electrons. The molecule has 3 rings (SSSR count). The maximum Gasteiger partial charge on any atom is 0.407 e. The van der Waals surface area contributed by atoms with Gasteiger partial charge in [-0.3, -0.25) is 4.79 Å². The van der Waals surface area contributed by atoms with Crippen LogP contribution < -0.4 is 5.32 Å². The molecule has 2 N–H and O–H groups in total. The molecule has 1 amide bonds. The molecule has 2 fully saturated rings. The number of benzene rings is 1. The number of amides is 1. The monoisotopic (exact) mass is 347 g/mol. The van der Waals surface area contributed by atoms with Crippen LogP contribution in [0.1, 0.15) is 38.2 Å². The molecule has 1 spiro atoms. The molecule has 2 unspecified atom stereocenters. The number of ether oxygens (including phenoxy) is 2. The lowest BCUT2D eigenvalue weighted by molar-refractivity contribution is -0.149. The molecule has 6 heteroatoms. The number of nitrogens with one attached hydrogen (secondary N) is 1. The molecule has 1 aromatic rings. The van der Waals surface area contributed by atoms with E-state index in [2.05, 4.69) is 5.32 Å². The molecule has 0 bridgehead atoms. The highest BCUT2D eigenvalue weighted by molar-refractivity contribution is 5.78. The van der Waals surface area contributed by atoms with E-state index in [4.69, 9.17) is 9.47 Å². The molecule has 1 aromatic carbocycles. The first kappa shape index (κ1) is 17.7. The Hall–Kier alpha value is -2.08. The third-order valence-corrected chi connectivity index (χ3v) is 5.70. The van der Waals surface area contributed by atoms with E-state index >= 15 is 0 Å². The van der Waals surface area contributed by atoms with Gasteiger partial charge in [0.1, 0.15) is 6.61 Å². The molecular formula is C19H25NO5. The zero-order chi connectivity index (χ0) is 17.9. The zero-order valence-corrected chi connectivity index (χ0v) is 14.5. The normalized spacial score (nSPS) is 27.8. The smallest absolute Gasteiger partial charge is 0.407 e. The van der Waals surface area contributed by atoms with Gasteiger partial charge in [0.2, 0.25) is 0 Å². The summed E-state index contributed by atoms with van der Waals surface area (Å²) in [5, 5.41) is 12.6. The van der Waals surface area contributed by atoms with Crippen molar-refractivity contribution in [1.82, 2.24) is 5.32 Å². The number of rotatable bonds is 4. The minimum absolute atomic E-state index is 0.0667. The highest BCUT2D eigenvalue weighted by atomic mass is 16.5. The molecule has 1 saturated heterocycles. The quantitative estimate of drug-likeness (QED) is 0.875. The number of alkyl carbamates (subject to hydrolysis) is 1. The van der Waals surface area contributed by atoms with Crippen molar-refractivity contribution in [2.45, 2.75) is 45.3 Å². The minimum atomic E-state index is -0.983. The van der Waals surface area contributed by atoms with Crippen molar-refractivity contribution in [1.29, 1.82) is 0 Å². The predicted molar refractivity (Wildman–Crippen MR) is 91.0 cm³/mol. The highest BCUT2D eigenvalue weighted by Crippen LogP contribution is 2.54. The highest BCUT2D eigenvalue weighted by Gasteiger charge is 2.56. The first-order chi connectivity index (χ1) is 11.9. The van der Waals surface area contributed by atoms with Gasteiger partial charge in [-0.15, -0.1) is 0 Å². The Labute approximate surface area is 147 Å². The van der Waals surface area contributed by atoms with Crippen molar-refractivity contribution in [2.75, 3.05) is 13.2 Å². The van der Waals surface area contributed by atoms with Crippen molar-refractivity contribution >= 4 is 12.1 Å². The first-order valence-corrected chi connectivity index (χ1v) is 8.72.